The molecular weight excluding hydrogens is 306 g/mol. The molecule has 0 amide bonds. The maximum atomic E-state index is 3.58. The van der Waals surface area contributed by atoms with E-state index in [1.54, 1.807) is 0 Å². The quantitative estimate of drug-likeness (QED) is 0.850. The summed E-state index contributed by atoms with van der Waals surface area (Å²) in [4.78, 5) is 2.80. The van der Waals surface area contributed by atoms with Gasteiger partial charge in [0.15, 0.2) is 0 Å². The molecule has 1 aromatic carbocycles. The second-order valence-corrected chi connectivity index (χ2v) is 6.65. The largest absolute Gasteiger partial charge is 0.306 e. The molecule has 1 atom stereocenters. The van der Waals surface area contributed by atoms with Crippen LogP contribution in [0.5, 0.6) is 0 Å². The number of thiophene rings is 1. The Morgan fingerprint density at radius 1 is 1.22 bits per heavy atom. The lowest BCUT2D eigenvalue weighted by Gasteiger charge is -2.18. The molecule has 1 N–H and O–H groups in total. The van der Waals surface area contributed by atoms with Gasteiger partial charge in [-0.15, -0.1) is 11.3 Å². The van der Waals surface area contributed by atoms with Crippen molar-refractivity contribution in [2.45, 2.75) is 26.8 Å². The van der Waals surface area contributed by atoms with Crippen molar-refractivity contribution in [3.63, 3.8) is 0 Å². The predicted molar refractivity (Wildman–Crippen MR) is 83.5 cm³/mol. The minimum absolute atomic E-state index is 0.307. The first kappa shape index (κ1) is 13.8. The molecule has 1 heterocycles. The summed E-state index contributed by atoms with van der Waals surface area (Å²) in [5.41, 5.74) is 2.70. The Balaban J connectivity index is 2.39. The van der Waals surface area contributed by atoms with Gasteiger partial charge in [-0.3, -0.25) is 0 Å². The van der Waals surface area contributed by atoms with Gasteiger partial charge in [-0.25, -0.2) is 0 Å². The molecule has 0 aliphatic rings. The van der Waals surface area contributed by atoms with Crippen molar-refractivity contribution in [1.29, 1.82) is 0 Å². The van der Waals surface area contributed by atoms with Gasteiger partial charge in [0, 0.05) is 14.2 Å². The highest BCUT2D eigenvalue weighted by atomic mass is 79.9. The molecule has 0 aliphatic carbocycles. The highest BCUT2D eigenvalue weighted by Gasteiger charge is 2.17. The molecule has 1 aromatic heterocycles. The fourth-order valence-corrected chi connectivity index (χ4v) is 3.57. The Kier molecular flexibility index (Phi) is 4.60. The van der Waals surface area contributed by atoms with Crippen molar-refractivity contribution in [2.24, 2.45) is 0 Å². The molecule has 0 saturated heterocycles. The summed E-state index contributed by atoms with van der Waals surface area (Å²) in [5.74, 6) is 0. The van der Waals surface area contributed by atoms with Crippen molar-refractivity contribution in [3.8, 4) is 0 Å². The Labute approximate surface area is 121 Å². The fraction of sp³-hybridized carbons (Fsp3) is 0.333. The molecule has 3 heteroatoms. The predicted octanol–water partition coefficient (Wildman–Crippen LogP) is 4.83. The molecule has 0 radical (unpaired) electrons. The Morgan fingerprint density at radius 3 is 2.39 bits per heavy atom. The topological polar surface area (TPSA) is 12.0 Å². The summed E-state index contributed by atoms with van der Waals surface area (Å²) in [6.45, 7) is 7.49. The molecule has 2 aromatic rings. The molecule has 2 rings (SSSR count). The van der Waals surface area contributed by atoms with E-state index in [4.69, 9.17) is 0 Å². The average molecular weight is 324 g/mol. The summed E-state index contributed by atoms with van der Waals surface area (Å²) >= 11 is 5.38. The maximum Gasteiger partial charge on any atom is 0.0673 e. The SMILES string of the molecule is CCNC(c1ccc(Br)cc1)c1sc(C)cc1C. The minimum atomic E-state index is 0.307. The fourth-order valence-electron chi connectivity index (χ4n) is 2.17. The first-order valence-corrected chi connectivity index (χ1v) is 7.78. The summed E-state index contributed by atoms with van der Waals surface area (Å²) in [6, 6.07) is 11.2. The van der Waals surface area contributed by atoms with Crippen molar-refractivity contribution < 1.29 is 0 Å². The van der Waals surface area contributed by atoms with E-state index in [0.29, 0.717) is 6.04 Å². The lowest BCUT2D eigenvalue weighted by molar-refractivity contribution is 0.637. The van der Waals surface area contributed by atoms with Gasteiger partial charge in [-0.05, 0) is 49.7 Å². The van der Waals surface area contributed by atoms with Crippen LogP contribution in [0.1, 0.15) is 33.8 Å². The summed E-state index contributed by atoms with van der Waals surface area (Å²) in [5, 5.41) is 3.58. The molecule has 0 fully saturated rings. The Bertz CT molecular complexity index is 516. The van der Waals surface area contributed by atoms with Crippen LogP contribution in [0.3, 0.4) is 0 Å². The lowest BCUT2D eigenvalue weighted by Crippen LogP contribution is -2.21. The number of hydrogen-bond donors (Lipinski definition) is 1. The smallest absolute Gasteiger partial charge is 0.0673 e. The summed E-state index contributed by atoms with van der Waals surface area (Å²) in [6.07, 6.45) is 0. The third-order valence-corrected chi connectivity index (χ3v) is 4.70. The molecule has 1 unspecified atom stereocenters. The van der Waals surface area contributed by atoms with Crippen molar-refractivity contribution in [1.82, 2.24) is 5.32 Å². The zero-order chi connectivity index (χ0) is 13.1. The molecule has 0 aliphatic heterocycles. The van der Waals surface area contributed by atoms with Gasteiger partial charge < -0.3 is 5.32 Å². The van der Waals surface area contributed by atoms with Crippen LogP contribution in [-0.4, -0.2) is 6.54 Å². The third-order valence-electron chi connectivity index (χ3n) is 2.95. The average Bonchev–Trinajstić information content (AvgIpc) is 2.67. The first-order valence-electron chi connectivity index (χ1n) is 6.17. The highest BCUT2D eigenvalue weighted by Crippen LogP contribution is 2.32. The van der Waals surface area contributed by atoms with E-state index in [1.165, 1.54) is 20.9 Å². The molecule has 18 heavy (non-hydrogen) atoms. The highest BCUT2D eigenvalue weighted by molar-refractivity contribution is 9.10. The summed E-state index contributed by atoms with van der Waals surface area (Å²) in [7, 11) is 0. The van der Waals surface area contributed by atoms with E-state index < -0.39 is 0 Å². The minimum Gasteiger partial charge on any atom is -0.306 e. The standard InChI is InChI=1S/C15H18BrNS/c1-4-17-14(12-5-7-13(16)8-6-12)15-10(2)9-11(3)18-15/h5-9,14,17H,4H2,1-3H3. The van der Waals surface area contributed by atoms with Gasteiger partial charge in [-0.1, -0.05) is 35.0 Å². The molecule has 96 valence electrons. The van der Waals surface area contributed by atoms with Gasteiger partial charge in [-0.2, -0.15) is 0 Å². The normalized spacial score (nSPS) is 12.7. The van der Waals surface area contributed by atoms with Crippen LogP contribution in [0, 0.1) is 13.8 Å². The number of aryl methyl sites for hydroxylation is 2. The van der Waals surface area contributed by atoms with Gasteiger partial charge in [0.1, 0.15) is 0 Å². The van der Waals surface area contributed by atoms with Crippen molar-refractivity contribution >= 4 is 27.3 Å². The zero-order valence-electron chi connectivity index (χ0n) is 11.0. The second-order valence-electron chi connectivity index (χ2n) is 4.45. The van der Waals surface area contributed by atoms with Crippen LogP contribution in [0.2, 0.25) is 0 Å². The molecular formula is C15H18BrNS. The number of halogens is 1. The van der Waals surface area contributed by atoms with Gasteiger partial charge >= 0.3 is 0 Å². The van der Waals surface area contributed by atoms with E-state index in [2.05, 4.69) is 72.3 Å². The van der Waals surface area contributed by atoms with Crippen LogP contribution in [0.4, 0.5) is 0 Å². The molecule has 0 bridgehead atoms. The number of benzene rings is 1. The molecule has 1 nitrogen and oxygen atoms in total. The monoisotopic (exact) mass is 323 g/mol. The second kappa shape index (κ2) is 6.00. The summed E-state index contributed by atoms with van der Waals surface area (Å²) < 4.78 is 1.13. The number of nitrogens with one attached hydrogen (secondary N) is 1. The van der Waals surface area contributed by atoms with E-state index in [0.717, 1.165) is 11.0 Å². The van der Waals surface area contributed by atoms with E-state index >= 15 is 0 Å². The van der Waals surface area contributed by atoms with Gasteiger partial charge in [0.2, 0.25) is 0 Å². The lowest BCUT2D eigenvalue weighted by atomic mass is 10.0. The van der Waals surface area contributed by atoms with Crippen LogP contribution < -0.4 is 5.32 Å². The Morgan fingerprint density at radius 2 is 1.89 bits per heavy atom. The van der Waals surface area contributed by atoms with Crippen LogP contribution in [-0.2, 0) is 0 Å². The third kappa shape index (κ3) is 3.02. The molecule has 0 saturated carbocycles. The van der Waals surface area contributed by atoms with Gasteiger partial charge in [0.05, 0.1) is 6.04 Å². The van der Waals surface area contributed by atoms with E-state index in [9.17, 15) is 0 Å². The maximum absolute atomic E-state index is 3.58. The van der Waals surface area contributed by atoms with Crippen molar-refractivity contribution in [2.75, 3.05) is 6.54 Å². The van der Waals surface area contributed by atoms with Gasteiger partial charge in [0.25, 0.3) is 0 Å². The van der Waals surface area contributed by atoms with Crippen LogP contribution >= 0.6 is 27.3 Å². The molecule has 0 spiro atoms. The zero-order valence-corrected chi connectivity index (χ0v) is 13.4. The van der Waals surface area contributed by atoms with Crippen LogP contribution in [0.15, 0.2) is 34.8 Å². The van der Waals surface area contributed by atoms with Crippen LogP contribution in [0.25, 0.3) is 0 Å². The number of hydrogen-bond acceptors (Lipinski definition) is 2. The first-order chi connectivity index (χ1) is 8.61. The van der Waals surface area contributed by atoms with E-state index in [-0.39, 0.29) is 0 Å². The van der Waals surface area contributed by atoms with Crippen molar-refractivity contribution in [3.05, 3.63) is 55.7 Å². The van der Waals surface area contributed by atoms with E-state index in [1.807, 2.05) is 11.3 Å². The Hall–Kier alpha value is -0.640. The number of rotatable bonds is 4.